The molecule has 1 aliphatic rings. The van der Waals surface area contributed by atoms with Gasteiger partial charge in [0.2, 0.25) is 5.90 Å². The number of aliphatic imine (C=N–C) groups is 1. The van der Waals surface area contributed by atoms with E-state index >= 15 is 0 Å². The van der Waals surface area contributed by atoms with Gasteiger partial charge in [0, 0.05) is 11.5 Å². The third-order valence-corrected chi connectivity index (χ3v) is 14.1. The smallest absolute Gasteiger partial charge is 0.475 e. The molecular formula is C65H66NO12P. The molecule has 408 valence electrons. The molecule has 13 nitrogen and oxygen atoms in total. The maximum absolute atomic E-state index is 12.2. The molecule has 1 heterocycles. The van der Waals surface area contributed by atoms with Crippen LogP contribution in [0.1, 0.15) is 60.1 Å². The minimum Gasteiger partial charge on any atom is -0.475 e. The molecule has 0 fully saturated rings. The quantitative estimate of drug-likeness (QED) is 0.0368. The van der Waals surface area contributed by atoms with Crippen LogP contribution in [0.15, 0.2) is 223 Å². The fourth-order valence-electron chi connectivity index (χ4n) is 7.71. The molecule has 8 rings (SSSR count). The van der Waals surface area contributed by atoms with Gasteiger partial charge in [-0.25, -0.2) is 9.79 Å². The molecule has 79 heavy (non-hydrogen) atoms. The summed E-state index contributed by atoms with van der Waals surface area (Å²) < 4.78 is 34.1. The molecule has 1 aliphatic heterocycles. The Hall–Kier alpha value is -8.93. The van der Waals surface area contributed by atoms with Crippen molar-refractivity contribution in [3.8, 4) is 0 Å². The van der Waals surface area contributed by atoms with Crippen LogP contribution in [0.3, 0.4) is 0 Å². The van der Waals surface area contributed by atoms with E-state index in [-0.39, 0.29) is 12.5 Å². The first-order valence-electron chi connectivity index (χ1n) is 25.4. The van der Waals surface area contributed by atoms with Gasteiger partial charge in [-0.15, -0.1) is 0 Å². The topological polar surface area (TPSA) is 162 Å². The summed E-state index contributed by atoms with van der Waals surface area (Å²) in [5, 5.41) is 3.97. The van der Waals surface area contributed by atoms with Crippen molar-refractivity contribution in [3.05, 3.63) is 246 Å². The minimum absolute atomic E-state index is 0.225. The number of methoxy groups -OCH3 is 4. The van der Waals surface area contributed by atoms with Gasteiger partial charge in [-0.2, -0.15) is 0 Å². The van der Waals surface area contributed by atoms with Crippen LogP contribution in [-0.2, 0) is 52.3 Å². The van der Waals surface area contributed by atoms with Crippen LogP contribution in [-0.4, -0.2) is 83.6 Å². The van der Waals surface area contributed by atoms with Crippen LogP contribution in [0.5, 0.6) is 0 Å². The van der Waals surface area contributed by atoms with E-state index in [2.05, 4.69) is 101 Å². The Morgan fingerprint density at radius 2 is 0.987 bits per heavy atom. The van der Waals surface area contributed by atoms with Gasteiger partial charge in [-0.05, 0) is 72.1 Å². The Bertz CT molecular complexity index is 2960. The average molecular weight is 1080 g/mol. The zero-order valence-corrected chi connectivity index (χ0v) is 46.1. The summed E-state index contributed by atoms with van der Waals surface area (Å²) in [6.07, 6.45) is 6.06. The second-order valence-electron chi connectivity index (χ2n) is 17.1. The highest BCUT2D eigenvalue weighted by Gasteiger charge is 2.36. The highest BCUT2D eigenvalue weighted by atomic mass is 31.1. The van der Waals surface area contributed by atoms with Gasteiger partial charge in [0.15, 0.2) is 5.92 Å². The number of carbonyl (C=O) groups is 5. The van der Waals surface area contributed by atoms with Crippen molar-refractivity contribution in [3.63, 3.8) is 0 Å². The lowest BCUT2D eigenvalue weighted by molar-refractivity contribution is -0.159. The Labute approximate surface area is 464 Å². The van der Waals surface area contributed by atoms with Crippen LogP contribution in [0.25, 0.3) is 12.2 Å². The van der Waals surface area contributed by atoms with Gasteiger partial charge >= 0.3 is 30.0 Å². The molecule has 0 amide bonds. The van der Waals surface area contributed by atoms with Crippen molar-refractivity contribution in [2.75, 3.05) is 41.7 Å². The van der Waals surface area contributed by atoms with E-state index in [4.69, 9.17) is 28.7 Å². The summed E-state index contributed by atoms with van der Waals surface area (Å²) in [4.78, 5) is 61.1. The van der Waals surface area contributed by atoms with Gasteiger partial charge in [-0.3, -0.25) is 19.2 Å². The number of allylic oxidation sites excluding steroid dienone is 1. The van der Waals surface area contributed by atoms with Crippen molar-refractivity contribution < 1.29 is 57.1 Å². The summed E-state index contributed by atoms with van der Waals surface area (Å²) in [7, 11) is 4.30. The van der Waals surface area contributed by atoms with Gasteiger partial charge in [0.25, 0.3) is 0 Å². The summed E-state index contributed by atoms with van der Waals surface area (Å²) in [5.41, 5.74) is 4.88. The van der Waals surface area contributed by atoms with E-state index in [1.54, 1.807) is 6.92 Å². The fourth-order valence-corrected chi connectivity index (χ4v) is 10.1. The Kier molecular flexibility index (Phi) is 26.2. The summed E-state index contributed by atoms with van der Waals surface area (Å²) in [6.45, 7) is 4.80. The molecule has 1 unspecified atom stereocenters. The molecule has 14 heteroatoms. The largest absolute Gasteiger partial charge is 0.509 e. The monoisotopic (exact) mass is 1080 g/mol. The molecule has 0 aliphatic carbocycles. The van der Waals surface area contributed by atoms with Crippen LogP contribution < -0.4 is 15.9 Å². The molecular weight excluding hydrogens is 1020 g/mol. The van der Waals surface area contributed by atoms with Crippen molar-refractivity contribution in [1.82, 2.24) is 0 Å². The second kappa shape index (κ2) is 34.0. The maximum Gasteiger partial charge on any atom is 0.509 e. The molecule has 0 radical (unpaired) electrons. The predicted octanol–water partition coefficient (Wildman–Crippen LogP) is 11.4. The number of hydrogen-bond acceptors (Lipinski definition) is 13. The highest BCUT2D eigenvalue weighted by Crippen LogP contribution is 2.35. The van der Waals surface area contributed by atoms with Gasteiger partial charge < -0.3 is 33.2 Å². The first-order chi connectivity index (χ1) is 38.5. The fraction of sp³-hybridized carbons (Fsp3) is 0.200. The Morgan fingerprint density at radius 1 is 0.557 bits per heavy atom. The van der Waals surface area contributed by atoms with Crippen LogP contribution in [0, 0.1) is 5.92 Å². The third-order valence-electron chi connectivity index (χ3n) is 11.6. The van der Waals surface area contributed by atoms with Crippen LogP contribution >= 0.6 is 7.92 Å². The molecule has 7 aromatic carbocycles. The third kappa shape index (κ3) is 20.2. The predicted molar refractivity (Wildman–Crippen MR) is 311 cm³/mol. The lowest BCUT2D eigenvalue weighted by Gasteiger charge is -2.22. The molecule has 0 saturated heterocycles. The zero-order chi connectivity index (χ0) is 56.6. The van der Waals surface area contributed by atoms with Gasteiger partial charge in [-0.1, -0.05) is 218 Å². The normalized spacial score (nSPS) is 13.1. The number of carbonyl (C=O) groups excluding carboxylic acids is 5. The summed E-state index contributed by atoms with van der Waals surface area (Å²) in [5.74, 6) is -3.15. The van der Waals surface area contributed by atoms with E-state index < -0.39 is 55.9 Å². The second-order valence-corrected chi connectivity index (χ2v) is 19.3. The maximum atomic E-state index is 12.2. The van der Waals surface area contributed by atoms with E-state index in [1.807, 2.05) is 146 Å². The summed E-state index contributed by atoms with van der Waals surface area (Å²) in [6, 6.07) is 68.7. The van der Waals surface area contributed by atoms with E-state index in [1.165, 1.54) is 44.4 Å². The van der Waals surface area contributed by atoms with E-state index in [9.17, 15) is 24.0 Å². The average Bonchev–Trinajstić information content (AvgIpc) is 3.97. The molecule has 0 bridgehead atoms. The number of hydrogen-bond donors (Lipinski definition) is 0. The van der Waals surface area contributed by atoms with E-state index in [0.717, 1.165) is 33.7 Å². The first-order valence-corrected chi connectivity index (χ1v) is 26.7. The molecule has 7 aromatic rings. The number of ether oxygens (including phenoxy) is 7. The Balaban J connectivity index is 0.000000203. The lowest BCUT2D eigenvalue weighted by Crippen LogP contribution is -2.31. The number of rotatable bonds is 17. The molecule has 0 N–H and O–H groups in total. The van der Waals surface area contributed by atoms with Crippen molar-refractivity contribution in [2.45, 2.75) is 38.3 Å². The van der Waals surface area contributed by atoms with Crippen LogP contribution in [0.2, 0.25) is 0 Å². The first kappa shape index (κ1) is 60.9. The molecule has 3 atom stereocenters. The lowest BCUT2D eigenvalue weighted by atomic mass is 9.85. The van der Waals surface area contributed by atoms with Gasteiger partial charge in [0.1, 0.15) is 19.1 Å². The minimum atomic E-state index is -1.05. The van der Waals surface area contributed by atoms with Crippen LogP contribution in [0.4, 0.5) is 4.79 Å². The SMILES string of the molecule is CCOC(=O)OC(/C=C/c1ccccc1)c1ccccc1.COC(=O)C(C(=O)OC)[C@@H](/C=C/c1ccccc1)c1ccccc1.COC(=O)CC(=O)OC.C[C@@H]1COC(c2ccccc2P(c2ccccc2)c2ccccc2)=N1. The molecule has 0 saturated carbocycles. The molecule has 0 spiro atoms. The number of nitrogens with zero attached hydrogens (tertiary/aromatic N) is 1. The van der Waals surface area contributed by atoms with Crippen molar-refractivity contribution in [2.24, 2.45) is 10.9 Å². The summed E-state index contributed by atoms with van der Waals surface area (Å²) >= 11 is 0. The zero-order valence-electron chi connectivity index (χ0n) is 45.2. The number of benzene rings is 7. The Morgan fingerprint density at radius 3 is 1.43 bits per heavy atom. The highest BCUT2D eigenvalue weighted by molar-refractivity contribution is 7.80. The molecule has 0 aromatic heterocycles. The van der Waals surface area contributed by atoms with Crippen molar-refractivity contribution >= 4 is 71.9 Å². The van der Waals surface area contributed by atoms with E-state index in [0.29, 0.717) is 13.2 Å². The standard InChI is InChI=1S/C22H20NOP.C20H20O4.C18H18O3.C5H8O4/c1-17-16-24-22(23-17)20-14-8-9-15-21(20)25(18-10-4-2-5-11-18)19-12-6-3-7-13-19;1-23-19(21)18(20(22)24-2)17(16-11-7-4-8-12-16)14-13-15-9-5-3-6-10-15;1-2-20-18(19)21-17(16-11-7-4-8-12-16)14-13-15-9-5-3-6-10-15;1-8-4(6)3-5(7)9-2/h2-15,17H,16H2,1H3;3-14,17-18H,1-2H3;3-14,17H,2H2,1H3;3H2,1-2H3/b;2*14-13+;/t2*17-;;/m10../s1. The van der Waals surface area contributed by atoms with Crippen molar-refractivity contribution in [1.29, 1.82) is 0 Å². The number of esters is 4. The van der Waals surface area contributed by atoms with Gasteiger partial charge in [0.05, 0.1) is 41.1 Å².